The van der Waals surface area contributed by atoms with E-state index in [1.165, 1.54) is 38.3 Å². The molecule has 2 aromatic carbocycles. The molecule has 1 unspecified atom stereocenters. The van der Waals surface area contributed by atoms with Gasteiger partial charge in [-0.15, -0.1) is 0 Å². The maximum Gasteiger partial charge on any atom is 0.342 e. The van der Waals surface area contributed by atoms with Crippen molar-refractivity contribution in [1.82, 2.24) is 0 Å². The average molecular weight is 377 g/mol. The number of methoxy groups -OCH3 is 1. The predicted octanol–water partition coefficient (Wildman–Crippen LogP) is 2.49. The van der Waals surface area contributed by atoms with E-state index in [-0.39, 0.29) is 5.56 Å². The van der Waals surface area contributed by atoms with E-state index in [1.54, 1.807) is 24.3 Å². The quantitative estimate of drug-likeness (QED) is 0.588. The number of hydrogen-bond acceptors (Lipinski definition) is 6. The second kappa shape index (κ2) is 8.01. The standard InChI is InChI=1S/C18H19NO6S/c1-12(25-18(21)15-6-4-5-7-16(15)24-2)17(20)13-8-10-14(11-9-13)19-26(3,22)23/h4-12,19H,1-3H3. The molecule has 2 aromatic rings. The molecule has 0 amide bonds. The molecule has 0 fully saturated rings. The van der Waals surface area contributed by atoms with Crippen LogP contribution in [0.5, 0.6) is 5.75 Å². The molecule has 0 bridgehead atoms. The van der Waals surface area contributed by atoms with Gasteiger partial charge in [0.1, 0.15) is 11.3 Å². The third-order valence-corrected chi connectivity index (χ3v) is 4.06. The molecule has 0 aromatic heterocycles. The maximum atomic E-state index is 12.4. The molecule has 1 N–H and O–H groups in total. The highest BCUT2D eigenvalue weighted by molar-refractivity contribution is 7.92. The zero-order valence-electron chi connectivity index (χ0n) is 14.6. The van der Waals surface area contributed by atoms with Gasteiger partial charge in [0, 0.05) is 11.3 Å². The van der Waals surface area contributed by atoms with Crippen molar-refractivity contribution in [2.45, 2.75) is 13.0 Å². The van der Waals surface area contributed by atoms with Crippen molar-refractivity contribution in [3.63, 3.8) is 0 Å². The molecule has 0 spiro atoms. The van der Waals surface area contributed by atoms with Crippen LogP contribution >= 0.6 is 0 Å². The van der Waals surface area contributed by atoms with Crippen LogP contribution in [0.25, 0.3) is 0 Å². The highest BCUT2D eigenvalue weighted by Crippen LogP contribution is 2.20. The zero-order chi connectivity index (χ0) is 19.3. The second-order valence-electron chi connectivity index (χ2n) is 5.56. The highest BCUT2D eigenvalue weighted by Gasteiger charge is 2.22. The molecule has 8 heteroatoms. The maximum absolute atomic E-state index is 12.4. The summed E-state index contributed by atoms with van der Waals surface area (Å²) in [5.74, 6) is -0.717. The van der Waals surface area contributed by atoms with Crippen LogP contribution in [-0.2, 0) is 14.8 Å². The van der Waals surface area contributed by atoms with Crippen LogP contribution in [0.2, 0.25) is 0 Å². The van der Waals surface area contributed by atoms with Crippen LogP contribution in [0.1, 0.15) is 27.6 Å². The number of para-hydroxylation sites is 1. The van der Waals surface area contributed by atoms with Crippen molar-refractivity contribution in [3.05, 3.63) is 59.7 Å². The first-order chi connectivity index (χ1) is 12.2. The van der Waals surface area contributed by atoms with Gasteiger partial charge in [0.25, 0.3) is 0 Å². The van der Waals surface area contributed by atoms with Gasteiger partial charge in [-0.1, -0.05) is 12.1 Å². The van der Waals surface area contributed by atoms with Gasteiger partial charge in [-0.25, -0.2) is 13.2 Å². The minimum Gasteiger partial charge on any atom is -0.496 e. The summed E-state index contributed by atoms with van der Waals surface area (Å²) < 4.78 is 35.0. The van der Waals surface area contributed by atoms with Gasteiger partial charge >= 0.3 is 5.97 Å². The third kappa shape index (κ3) is 5.06. The van der Waals surface area contributed by atoms with Crippen molar-refractivity contribution in [3.8, 4) is 5.75 Å². The minimum atomic E-state index is -3.40. The lowest BCUT2D eigenvalue weighted by Gasteiger charge is -2.14. The van der Waals surface area contributed by atoms with Crippen LogP contribution in [0.15, 0.2) is 48.5 Å². The Morgan fingerprint density at radius 2 is 1.65 bits per heavy atom. The normalized spacial score (nSPS) is 12.1. The molecule has 2 rings (SSSR count). The Bertz CT molecular complexity index is 906. The van der Waals surface area contributed by atoms with E-state index >= 15 is 0 Å². The Hall–Kier alpha value is -2.87. The van der Waals surface area contributed by atoms with Crippen LogP contribution in [0.4, 0.5) is 5.69 Å². The largest absolute Gasteiger partial charge is 0.496 e. The number of benzene rings is 2. The predicted molar refractivity (Wildman–Crippen MR) is 97.1 cm³/mol. The molecule has 0 saturated heterocycles. The molecule has 0 aliphatic carbocycles. The van der Waals surface area contributed by atoms with Crippen LogP contribution in [-0.4, -0.2) is 39.6 Å². The average Bonchev–Trinajstić information content (AvgIpc) is 2.60. The summed E-state index contributed by atoms with van der Waals surface area (Å²) in [7, 11) is -1.96. The molecular weight excluding hydrogens is 358 g/mol. The Morgan fingerprint density at radius 1 is 1.04 bits per heavy atom. The van der Waals surface area contributed by atoms with E-state index in [4.69, 9.17) is 9.47 Å². The van der Waals surface area contributed by atoms with Gasteiger partial charge in [0.2, 0.25) is 15.8 Å². The molecule has 0 aliphatic rings. The fraction of sp³-hybridized carbons (Fsp3) is 0.222. The Kier molecular flexibility index (Phi) is 5.99. The van der Waals surface area contributed by atoms with Crippen molar-refractivity contribution in [2.75, 3.05) is 18.1 Å². The SMILES string of the molecule is COc1ccccc1C(=O)OC(C)C(=O)c1ccc(NS(C)(=O)=O)cc1. The Morgan fingerprint density at radius 3 is 2.23 bits per heavy atom. The monoisotopic (exact) mass is 377 g/mol. The molecule has 26 heavy (non-hydrogen) atoms. The lowest BCUT2D eigenvalue weighted by atomic mass is 10.1. The first-order valence-corrected chi connectivity index (χ1v) is 9.56. The van der Waals surface area contributed by atoms with E-state index in [9.17, 15) is 18.0 Å². The van der Waals surface area contributed by atoms with Gasteiger partial charge in [-0.2, -0.15) is 0 Å². The fourth-order valence-corrected chi connectivity index (χ4v) is 2.81. The number of Topliss-reactive ketones (excluding diaryl/α,β-unsaturated/α-hetero) is 1. The van der Waals surface area contributed by atoms with Crippen LogP contribution in [0, 0.1) is 0 Å². The van der Waals surface area contributed by atoms with E-state index in [0.717, 1.165) is 6.26 Å². The molecule has 0 saturated carbocycles. The van der Waals surface area contributed by atoms with Gasteiger partial charge in [0.15, 0.2) is 6.10 Å². The van der Waals surface area contributed by atoms with Crippen molar-refractivity contribution < 1.29 is 27.5 Å². The summed E-state index contributed by atoms with van der Waals surface area (Å²) >= 11 is 0. The van der Waals surface area contributed by atoms with E-state index in [0.29, 0.717) is 17.0 Å². The number of ketones is 1. The molecular formula is C18H19NO6S. The van der Waals surface area contributed by atoms with Gasteiger partial charge in [-0.3, -0.25) is 9.52 Å². The highest BCUT2D eigenvalue weighted by atomic mass is 32.2. The van der Waals surface area contributed by atoms with Crippen LogP contribution < -0.4 is 9.46 Å². The number of hydrogen-bond donors (Lipinski definition) is 1. The summed E-state index contributed by atoms with van der Waals surface area (Å²) in [5, 5.41) is 0. The van der Waals surface area contributed by atoms with Crippen LogP contribution in [0.3, 0.4) is 0 Å². The zero-order valence-corrected chi connectivity index (χ0v) is 15.4. The number of anilines is 1. The minimum absolute atomic E-state index is 0.224. The number of ether oxygens (including phenoxy) is 2. The molecule has 1 atom stereocenters. The smallest absolute Gasteiger partial charge is 0.342 e. The Balaban J connectivity index is 2.08. The molecule has 0 radical (unpaired) electrons. The van der Waals surface area contributed by atoms with Crippen molar-refractivity contribution in [1.29, 1.82) is 0 Å². The summed E-state index contributed by atoms with van der Waals surface area (Å²) in [4.78, 5) is 24.7. The van der Waals surface area contributed by atoms with Crippen molar-refractivity contribution >= 4 is 27.5 Å². The summed E-state index contributed by atoms with van der Waals surface area (Å²) in [5.41, 5.74) is 0.856. The Labute approximate surface area is 152 Å². The summed E-state index contributed by atoms with van der Waals surface area (Å²) in [6.07, 6.45) is 0.0203. The number of rotatable bonds is 7. The fourth-order valence-electron chi connectivity index (χ4n) is 2.24. The number of sulfonamides is 1. The number of carbonyl (C=O) groups is 2. The first-order valence-electron chi connectivity index (χ1n) is 7.67. The summed E-state index contributed by atoms with van der Waals surface area (Å²) in [6.45, 7) is 1.47. The van der Waals surface area contributed by atoms with Gasteiger partial charge in [0.05, 0.1) is 13.4 Å². The van der Waals surface area contributed by atoms with E-state index < -0.39 is 27.9 Å². The van der Waals surface area contributed by atoms with Crippen molar-refractivity contribution in [2.24, 2.45) is 0 Å². The van der Waals surface area contributed by atoms with E-state index in [2.05, 4.69) is 4.72 Å². The lowest BCUT2D eigenvalue weighted by molar-refractivity contribution is 0.0316. The lowest BCUT2D eigenvalue weighted by Crippen LogP contribution is -2.24. The molecule has 7 nitrogen and oxygen atoms in total. The number of esters is 1. The van der Waals surface area contributed by atoms with Gasteiger partial charge < -0.3 is 9.47 Å². The molecule has 0 aliphatic heterocycles. The molecule has 0 heterocycles. The third-order valence-electron chi connectivity index (χ3n) is 3.45. The number of nitrogens with one attached hydrogen (secondary N) is 1. The van der Waals surface area contributed by atoms with E-state index in [1.807, 2.05) is 0 Å². The first kappa shape index (κ1) is 19.5. The van der Waals surface area contributed by atoms with Gasteiger partial charge in [-0.05, 0) is 43.3 Å². The topological polar surface area (TPSA) is 98.8 Å². The molecule has 138 valence electrons. The second-order valence-corrected chi connectivity index (χ2v) is 7.31. The number of carbonyl (C=O) groups excluding carboxylic acids is 2. The summed E-state index contributed by atoms with van der Waals surface area (Å²) in [6, 6.07) is 12.4.